The number of hydrogen-bond acceptors (Lipinski definition) is 3. The van der Waals surface area contributed by atoms with E-state index in [1.165, 1.54) is 43.5 Å². The molecule has 0 atom stereocenters. The molecule has 0 aromatic rings. The third-order valence-electron chi connectivity index (χ3n) is 2.86. The molecule has 0 N–H and O–H groups in total. The molecule has 0 aliphatic carbocycles. The molecule has 0 spiro atoms. The first-order valence-electron chi connectivity index (χ1n) is 5.09. The fraction of sp³-hybridized carbons (Fsp3) is 1.00. The largest absolute Gasteiger partial charge is 0.748 e. The molecule has 1 heterocycles. The Labute approximate surface area is 87.3 Å². The summed E-state index contributed by atoms with van der Waals surface area (Å²) in [5.41, 5.74) is 0. The number of rotatable bonds is 2. The van der Waals surface area contributed by atoms with Gasteiger partial charge in [0.25, 0.3) is 0 Å². The van der Waals surface area contributed by atoms with Crippen molar-refractivity contribution in [3.8, 4) is 0 Å². The Morgan fingerprint density at radius 1 is 1.14 bits per heavy atom. The lowest BCUT2D eigenvalue weighted by Gasteiger charge is -2.31. The first kappa shape index (κ1) is 13.9. The van der Waals surface area contributed by atoms with Gasteiger partial charge in [-0.05, 0) is 13.8 Å². The maximum atomic E-state index is 9.08. The Morgan fingerprint density at radius 2 is 1.43 bits per heavy atom. The van der Waals surface area contributed by atoms with E-state index in [4.69, 9.17) is 13.0 Å². The zero-order valence-electron chi connectivity index (χ0n) is 9.32. The summed E-state index contributed by atoms with van der Waals surface area (Å²) in [6.45, 7) is 10.2. The minimum Gasteiger partial charge on any atom is -0.748 e. The highest BCUT2D eigenvalue weighted by Crippen LogP contribution is 2.17. The zero-order valence-corrected chi connectivity index (χ0v) is 10.1. The van der Waals surface area contributed by atoms with Crippen LogP contribution in [0.5, 0.6) is 0 Å². The van der Waals surface area contributed by atoms with E-state index >= 15 is 0 Å². The molecular formula is C9H21NO3S. The van der Waals surface area contributed by atoms with Gasteiger partial charge in [-0.3, -0.25) is 0 Å². The SMILES string of the molecule is CC[N+]1(CC)CCCC1.CS(=O)(=O)[O-]. The van der Waals surface area contributed by atoms with Crippen molar-refractivity contribution >= 4 is 10.1 Å². The lowest BCUT2D eigenvalue weighted by molar-refractivity contribution is -0.913. The topological polar surface area (TPSA) is 57.2 Å². The first-order valence-corrected chi connectivity index (χ1v) is 6.90. The molecule has 1 saturated heterocycles. The van der Waals surface area contributed by atoms with Gasteiger partial charge in [0.05, 0.1) is 36.3 Å². The van der Waals surface area contributed by atoms with Crippen LogP contribution in [0.2, 0.25) is 0 Å². The number of likely N-dealkylation sites (tertiary alicyclic amines) is 1. The Balaban J connectivity index is 0.000000292. The van der Waals surface area contributed by atoms with Gasteiger partial charge < -0.3 is 9.04 Å². The van der Waals surface area contributed by atoms with Crippen molar-refractivity contribution in [2.24, 2.45) is 0 Å². The molecular weight excluding hydrogens is 202 g/mol. The molecule has 1 aliphatic rings. The summed E-state index contributed by atoms with van der Waals surface area (Å²) in [5, 5.41) is 0. The van der Waals surface area contributed by atoms with Crippen molar-refractivity contribution in [2.75, 3.05) is 32.4 Å². The van der Waals surface area contributed by atoms with E-state index in [9.17, 15) is 0 Å². The van der Waals surface area contributed by atoms with Gasteiger partial charge in [-0.25, -0.2) is 8.42 Å². The second-order valence-electron chi connectivity index (χ2n) is 3.83. The predicted molar refractivity (Wildman–Crippen MR) is 55.9 cm³/mol. The minimum atomic E-state index is -3.92. The highest BCUT2D eigenvalue weighted by molar-refractivity contribution is 7.84. The molecule has 0 unspecified atom stereocenters. The van der Waals surface area contributed by atoms with Crippen LogP contribution in [0.25, 0.3) is 0 Å². The van der Waals surface area contributed by atoms with E-state index in [0.717, 1.165) is 0 Å². The molecule has 14 heavy (non-hydrogen) atoms. The summed E-state index contributed by atoms with van der Waals surface area (Å²) >= 11 is 0. The van der Waals surface area contributed by atoms with E-state index in [1.807, 2.05) is 0 Å². The van der Waals surface area contributed by atoms with Crippen LogP contribution in [0, 0.1) is 0 Å². The predicted octanol–water partition coefficient (Wildman–Crippen LogP) is 0.798. The molecule has 0 bridgehead atoms. The van der Waals surface area contributed by atoms with Gasteiger partial charge in [-0.2, -0.15) is 0 Å². The van der Waals surface area contributed by atoms with Gasteiger partial charge in [0.1, 0.15) is 0 Å². The molecule has 0 saturated carbocycles. The van der Waals surface area contributed by atoms with Gasteiger partial charge in [-0.1, -0.05) is 0 Å². The fourth-order valence-corrected chi connectivity index (χ4v) is 1.86. The third kappa shape index (κ3) is 6.34. The molecule has 1 rings (SSSR count). The maximum absolute atomic E-state index is 9.08. The van der Waals surface area contributed by atoms with Gasteiger partial charge >= 0.3 is 0 Å². The second kappa shape index (κ2) is 5.68. The fourth-order valence-electron chi connectivity index (χ4n) is 1.86. The van der Waals surface area contributed by atoms with Crippen molar-refractivity contribution in [3.63, 3.8) is 0 Å². The summed E-state index contributed by atoms with van der Waals surface area (Å²) in [4.78, 5) is 0. The molecule has 0 radical (unpaired) electrons. The maximum Gasteiger partial charge on any atom is 0.0916 e. The van der Waals surface area contributed by atoms with Crippen LogP contribution < -0.4 is 0 Å². The minimum absolute atomic E-state index is 0.604. The van der Waals surface area contributed by atoms with E-state index in [2.05, 4.69) is 13.8 Å². The quantitative estimate of drug-likeness (QED) is 0.514. The average molecular weight is 223 g/mol. The van der Waals surface area contributed by atoms with Crippen molar-refractivity contribution in [1.29, 1.82) is 0 Å². The summed E-state index contributed by atoms with van der Waals surface area (Å²) in [6, 6.07) is 0. The number of nitrogens with zero attached hydrogens (tertiary/aromatic N) is 1. The van der Waals surface area contributed by atoms with Crippen LogP contribution >= 0.6 is 0 Å². The highest BCUT2D eigenvalue weighted by atomic mass is 32.2. The summed E-state index contributed by atoms with van der Waals surface area (Å²) < 4.78 is 28.6. The average Bonchev–Trinajstić information content (AvgIpc) is 2.50. The van der Waals surface area contributed by atoms with Crippen LogP contribution in [0.3, 0.4) is 0 Å². The van der Waals surface area contributed by atoms with Crippen LogP contribution in [-0.4, -0.2) is 49.9 Å². The van der Waals surface area contributed by atoms with E-state index in [-0.39, 0.29) is 0 Å². The second-order valence-corrected chi connectivity index (χ2v) is 5.24. The molecule has 0 aromatic heterocycles. The Morgan fingerprint density at radius 3 is 1.57 bits per heavy atom. The van der Waals surface area contributed by atoms with Gasteiger partial charge in [0.15, 0.2) is 0 Å². The van der Waals surface area contributed by atoms with Crippen LogP contribution in [0.15, 0.2) is 0 Å². The lowest BCUT2D eigenvalue weighted by atomic mass is 10.4. The van der Waals surface area contributed by atoms with E-state index in [1.54, 1.807) is 0 Å². The number of hydrogen-bond donors (Lipinski definition) is 0. The zero-order chi connectivity index (χ0) is 11.2. The van der Waals surface area contributed by atoms with Crippen molar-refractivity contribution in [1.82, 2.24) is 0 Å². The van der Waals surface area contributed by atoms with Gasteiger partial charge in [0.2, 0.25) is 0 Å². The highest BCUT2D eigenvalue weighted by Gasteiger charge is 2.27. The van der Waals surface area contributed by atoms with Crippen LogP contribution in [0.1, 0.15) is 26.7 Å². The molecule has 4 nitrogen and oxygen atoms in total. The monoisotopic (exact) mass is 223 g/mol. The molecule has 0 amide bonds. The van der Waals surface area contributed by atoms with E-state index in [0.29, 0.717) is 6.26 Å². The van der Waals surface area contributed by atoms with E-state index < -0.39 is 10.1 Å². The summed E-state index contributed by atoms with van der Waals surface area (Å²) in [6.07, 6.45) is 3.52. The van der Waals surface area contributed by atoms with Gasteiger partial charge in [-0.15, -0.1) is 0 Å². The lowest BCUT2D eigenvalue weighted by Crippen LogP contribution is -2.44. The summed E-state index contributed by atoms with van der Waals surface area (Å²) in [5.74, 6) is 0. The Kier molecular flexibility index (Phi) is 5.63. The van der Waals surface area contributed by atoms with Crippen LogP contribution in [-0.2, 0) is 10.1 Å². The Hall–Kier alpha value is -0.130. The molecule has 5 heteroatoms. The van der Waals surface area contributed by atoms with Crippen molar-refractivity contribution < 1.29 is 17.5 Å². The summed E-state index contributed by atoms with van der Waals surface area (Å²) in [7, 11) is -3.92. The van der Waals surface area contributed by atoms with Crippen molar-refractivity contribution in [2.45, 2.75) is 26.7 Å². The normalized spacial score (nSPS) is 20.0. The van der Waals surface area contributed by atoms with Crippen LogP contribution in [0.4, 0.5) is 0 Å². The van der Waals surface area contributed by atoms with Crippen molar-refractivity contribution in [3.05, 3.63) is 0 Å². The number of quaternary nitrogens is 1. The Bertz CT molecular complexity index is 229. The van der Waals surface area contributed by atoms with Gasteiger partial charge in [0, 0.05) is 19.1 Å². The molecule has 86 valence electrons. The molecule has 1 aliphatic heterocycles. The smallest absolute Gasteiger partial charge is 0.0916 e. The first-order chi connectivity index (χ1) is 6.33. The molecule has 1 fully saturated rings. The third-order valence-corrected chi connectivity index (χ3v) is 2.86. The molecule has 0 aromatic carbocycles. The standard InChI is InChI=1S/C8H18N.CH4O3S/c1-3-9(4-2)7-5-6-8-9;1-5(2,3)4/h3-8H2,1-2H3;1H3,(H,2,3,4)/q+1;/p-1.